The van der Waals surface area contributed by atoms with E-state index in [1.165, 1.54) is 0 Å². The maximum absolute atomic E-state index is 11.7. The quantitative estimate of drug-likeness (QED) is 0.387. The molecule has 7 heteroatoms. The zero-order chi connectivity index (χ0) is 16.6. The molecule has 0 fully saturated rings. The topological polar surface area (TPSA) is 89.3 Å². The van der Waals surface area contributed by atoms with Gasteiger partial charge < -0.3 is 16.0 Å². The van der Waals surface area contributed by atoms with Crippen molar-refractivity contribution in [2.24, 2.45) is 4.99 Å². The predicted molar refractivity (Wildman–Crippen MR) is 103 cm³/mol. The molecule has 1 rings (SSSR count). The van der Waals surface area contributed by atoms with Gasteiger partial charge in [-0.1, -0.05) is 12.1 Å². The first-order valence-corrected chi connectivity index (χ1v) is 7.08. The highest BCUT2D eigenvalue weighted by molar-refractivity contribution is 14.0. The number of carbonyl (C=O) groups excluding carboxylic acids is 1. The van der Waals surface area contributed by atoms with Crippen molar-refractivity contribution in [2.45, 2.75) is 32.9 Å². The molecule has 6 nitrogen and oxygen atoms in total. The number of hydrogen-bond acceptors (Lipinski definition) is 3. The van der Waals surface area contributed by atoms with Crippen LogP contribution < -0.4 is 16.0 Å². The van der Waals surface area contributed by atoms with Gasteiger partial charge in [-0.05, 0) is 38.5 Å². The van der Waals surface area contributed by atoms with Crippen molar-refractivity contribution in [3.63, 3.8) is 0 Å². The highest BCUT2D eigenvalue weighted by atomic mass is 127. The Balaban J connectivity index is 0.00000484. The van der Waals surface area contributed by atoms with Crippen LogP contribution in [0.5, 0.6) is 0 Å². The van der Waals surface area contributed by atoms with Gasteiger partial charge >= 0.3 is 0 Å². The molecule has 3 N–H and O–H groups in total. The van der Waals surface area contributed by atoms with Crippen molar-refractivity contribution >= 4 is 35.8 Å². The number of rotatable bonds is 4. The fraction of sp³-hybridized carbons (Fsp3) is 0.438. The number of guanidine groups is 1. The minimum Gasteiger partial charge on any atom is -0.352 e. The third-order valence-corrected chi connectivity index (χ3v) is 2.67. The van der Waals surface area contributed by atoms with Gasteiger partial charge in [-0.2, -0.15) is 5.26 Å². The number of nitrogens with zero attached hydrogens (tertiary/aromatic N) is 2. The summed E-state index contributed by atoms with van der Waals surface area (Å²) in [7, 11) is 1.64. The number of amides is 1. The Morgan fingerprint density at radius 1 is 1.30 bits per heavy atom. The second kappa shape index (κ2) is 10.0. The van der Waals surface area contributed by atoms with Gasteiger partial charge in [0.05, 0.1) is 18.2 Å². The van der Waals surface area contributed by atoms with Gasteiger partial charge in [0, 0.05) is 19.1 Å². The van der Waals surface area contributed by atoms with Crippen LogP contribution in [0.15, 0.2) is 29.3 Å². The van der Waals surface area contributed by atoms with Crippen LogP contribution in [-0.4, -0.2) is 31.0 Å². The second-order valence-electron chi connectivity index (χ2n) is 5.89. The number of halogens is 1. The molecule has 126 valence electrons. The van der Waals surface area contributed by atoms with Gasteiger partial charge in [0.1, 0.15) is 0 Å². The van der Waals surface area contributed by atoms with E-state index in [-0.39, 0.29) is 42.0 Å². The zero-order valence-electron chi connectivity index (χ0n) is 13.9. The van der Waals surface area contributed by atoms with E-state index in [2.05, 4.69) is 27.0 Å². The SMILES string of the molecule is CN=C(NCC(=O)NC(C)(C)C)NCc1cccc(C#N)c1.I. The Morgan fingerprint density at radius 2 is 2.00 bits per heavy atom. The smallest absolute Gasteiger partial charge is 0.239 e. The first kappa shape index (κ1) is 21.2. The molecule has 0 unspecified atom stereocenters. The van der Waals surface area contributed by atoms with Crippen molar-refractivity contribution in [3.05, 3.63) is 35.4 Å². The number of nitrogens with one attached hydrogen (secondary N) is 3. The lowest BCUT2D eigenvalue weighted by molar-refractivity contribution is -0.121. The lowest BCUT2D eigenvalue weighted by atomic mass is 10.1. The molecule has 0 atom stereocenters. The molecule has 0 radical (unpaired) electrons. The first-order chi connectivity index (χ1) is 10.3. The third kappa shape index (κ3) is 9.03. The van der Waals surface area contributed by atoms with Gasteiger partial charge in [-0.15, -0.1) is 24.0 Å². The normalized spacial score (nSPS) is 11.0. The van der Waals surface area contributed by atoms with Crippen LogP contribution in [0.2, 0.25) is 0 Å². The molecule has 0 bridgehead atoms. The largest absolute Gasteiger partial charge is 0.352 e. The standard InChI is InChI=1S/C16H23N5O.HI/c1-16(2,3)21-14(22)11-20-15(18-4)19-10-13-7-5-6-12(8-13)9-17;/h5-8H,10-11H2,1-4H3,(H,21,22)(H2,18,19,20);1H. The number of nitriles is 1. The summed E-state index contributed by atoms with van der Waals surface area (Å²) in [6.45, 7) is 6.46. The lowest BCUT2D eigenvalue weighted by Gasteiger charge is -2.21. The van der Waals surface area contributed by atoms with Crippen LogP contribution in [0.3, 0.4) is 0 Å². The van der Waals surface area contributed by atoms with Crippen molar-refractivity contribution in [3.8, 4) is 6.07 Å². The molecule has 0 aliphatic carbocycles. The fourth-order valence-corrected chi connectivity index (χ4v) is 1.78. The Labute approximate surface area is 154 Å². The molecule has 1 aromatic rings. The molecular formula is C16H24IN5O. The van der Waals surface area contributed by atoms with E-state index in [9.17, 15) is 4.79 Å². The van der Waals surface area contributed by atoms with Gasteiger partial charge in [0.2, 0.25) is 5.91 Å². The van der Waals surface area contributed by atoms with Crippen molar-refractivity contribution in [1.29, 1.82) is 5.26 Å². The molecule has 23 heavy (non-hydrogen) atoms. The monoisotopic (exact) mass is 429 g/mol. The Hall–Kier alpha value is -1.82. The van der Waals surface area contributed by atoms with Crippen LogP contribution in [0.1, 0.15) is 31.9 Å². The van der Waals surface area contributed by atoms with Gasteiger partial charge in [-0.3, -0.25) is 9.79 Å². The number of hydrogen-bond donors (Lipinski definition) is 3. The first-order valence-electron chi connectivity index (χ1n) is 7.08. The van der Waals surface area contributed by atoms with Crippen LogP contribution in [0.25, 0.3) is 0 Å². The third-order valence-electron chi connectivity index (χ3n) is 2.67. The van der Waals surface area contributed by atoms with E-state index in [0.29, 0.717) is 18.1 Å². The summed E-state index contributed by atoms with van der Waals surface area (Å²) in [6, 6.07) is 9.43. The van der Waals surface area contributed by atoms with Crippen LogP contribution in [0, 0.1) is 11.3 Å². The van der Waals surface area contributed by atoms with E-state index in [4.69, 9.17) is 5.26 Å². The summed E-state index contributed by atoms with van der Waals surface area (Å²) in [6.07, 6.45) is 0. The molecule has 1 aromatic carbocycles. The van der Waals surface area contributed by atoms with Crippen LogP contribution >= 0.6 is 24.0 Å². The van der Waals surface area contributed by atoms with Crippen molar-refractivity contribution in [2.75, 3.05) is 13.6 Å². The summed E-state index contributed by atoms with van der Waals surface area (Å²) in [5.74, 6) is 0.438. The average Bonchev–Trinajstić information content (AvgIpc) is 2.46. The second-order valence-corrected chi connectivity index (χ2v) is 5.89. The van der Waals surface area contributed by atoms with E-state index >= 15 is 0 Å². The highest BCUT2D eigenvalue weighted by Gasteiger charge is 2.13. The summed E-state index contributed by atoms with van der Waals surface area (Å²) in [5, 5.41) is 17.8. The Kier molecular flexibility index (Phi) is 9.25. The number of benzene rings is 1. The molecule has 0 saturated carbocycles. The van der Waals surface area contributed by atoms with Gasteiger partial charge in [-0.25, -0.2) is 0 Å². The minimum atomic E-state index is -0.257. The molecule has 0 spiro atoms. The molecule has 0 aliphatic heterocycles. The zero-order valence-corrected chi connectivity index (χ0v) is 16.3. The van der Waals surface area contributed by atoms with Crippen LogP contribution in [0.4, 0.5) is 0 Å². The van der Waals surface area contributed by atoms with Gasteiger partial charge in [0.25, 0.3) is 0 Å². The maximum Gasteiger partial charge on any atom is 0.239 e. The summed E-state index contributed by atoms with van der Waals surface area (Å²) < 4.78 is 0. The lowest BCUT2D eigenvalue weighted by Crippen LogP contribution is -2.48. The molecule has 0 aliphatic rings. The fourth-order valence-electron chi connectivity index (χ4n) is 1.78. The molecule has 1 amide bonds. The molecule has 0 saturated heterocycles. The van der Waals surface area contributed by atoms with E-state index < -0.39 is 0 Å². The Bertz CT molecular complexity index is 587. The van der Waals surface area contributed by atoms with Crippen molar-refractivity contribution in [1.82, 2.24) is 16.0 Å². The molecule has 0 aromatic heterocycles. The minimum absolute atomic E-state index is 0. The average molecular weight is 429 g/mol. The molecular weight excluding hydrogens is 405 g/mol. The summed E-state index contributed by atoms with van der Waals surface area (Å²) in [4.78, 5) is 15.8. The Morgan fingerprint density at radius 3 is 2.57 bits per heavy atom. The predicted octanol–water partition coefficient (Wildman–Crippen LogP) is 1.76. The van der Waals surface area contributed by atoms with E-state index in [1.807, 2.05) is 39.0 Å². The van der Waals surface area contributed by atoms with Gasteiger partial charge in [0.15, 0.2) is 5.96 Å². The molecule has 0 heterocycles. The summed E-state index contributed by atoms with van der Waals surface area (Å²) >= 11 is 0. The highest BCUT2D eigenvalue weighted by Crippen LogP contribution is 2.03. The van der Waals surface area contributed by atoms with E-state index in [1.54, 1.807) is 13.1 Å². The van der Waals surface area contributed by atoms with E-state index in [0.717, 1.165) is 5.56 Å². The number of aliphatic imine (C=N–C) groups is 1. The van der Waals surface area contributed by atoms with Crippen LogP contribution in [-0.2, 0) is 11.3 Å². The van der Waals surface area contributed by atoms with Crippen molar-refractivity contribution < 1.29 is 4.79 Å². The maximum atomic E-state index is 11.7. The summed E-state index contributed by atoms with van der Waals surface area (Å²) in [5.41, 5.74) is 1.33. The number of carbonyl (C=O) groups is 1.